The van der Waals surface area contributed by atoms with Gasteiger partial charge in [0.15, 0.2) is 0 Å². The first-order valence-corrected chi connectivity index (χ1v) is 5.69. The number of nitrogens with zero attached hydrogens (tertiary/aromatic N) is 3. The molecule has 0 bridgehead atoms. The van der Waals surface area contributed by atoms with Crippen molar-refractivity contribution in [3.05, 3.63) is 36.3 Å². The molecule has 0 aromatic carbocycles. The highest BCUT2D eigenvalue weighted by atomic mass is 15.3. The topological polar surface area (TPSA) is 68.8 Å². The molecule has 17 heavy (non-hydrogen) atoms. The zero-order valence-corrected chi connectivity index (χ0v) is 9.93. The first-order chi connectivity index (χ1) is 8.25. The zero-order valence-electron chi connectivity index (χ0n) is 9.93. The molecular formula is C12H17N5. The standard InChI is InChI=1S/C12H17N5/c1-10-8-11(13)12(15-9-10)14-4-2-6-17-7-3-5-16-17/h3,5,7-9H,2,4,6,13H2,1H3,(H,14,15). The molecule has 0 amide bonds. The molecule has 0 aliphatic carbocycles. The van der Waals surface area contributed by atoms with Crippen LogP contribution in [0.5, 0.6) is 0 Å². The van der Waals surface area contributed by atoms with E-state index in [4.69, 9.17) is 5.73 Å². The summed E-state index contributed by atoms with van der Waals surface area (Å²) in [5.41, 5.74) is 7.63. The van der Waals surface area contributed by atoms with Crippen molar-refractivity contribution >= 4 is 11.5 Å². The molecule has 2 aromatic heterocycles. The Morgan fingerprint density at radius 1 is 1.47 bits per heavy atom. The van der Waals surface area contributed by atoms with Crippen LogP contribution in [0, 0.1) is 6.92 Å². The van der Waals surface area contributed by atoms with Gasteiger partial charge in [-0.1, -0.05) is 0 Å². The number of anilines is 2. The Balaban J connectivity index is 1.78. The summed E-state index contributed by atoms with van der Waals surface area (Å²) in [6.07, 6.45) is 6.54. The predicted molar refractivity (Wildman–Crippen MR) is 68.7 cm³/mol. The first kappa shape index (κ1) is 11.4. The van der Waals surface area contributed by atoms with Crippen LogP contribution in [-0.2, 0) is 6.54 Å². The highest BCUT2D eigenvalue weighted by Gasteiger charge is 1.99. The molecule has 2 rings (SSSR count). The molecule has 90 valence electrons. The van der Waals surface area contributed by atoms with Crippen LogP contribution in [0.15, 0.2) is 30.7 Å². The van der Waals surface area contributed by atoms with Gasteiger partial charge in [0.1, 0.15) is 5.82 Å². The molecule has 0 atom stereocenters. The smallest absolute Gasteiger partial charge is 0.149 e. The van der Waals surface area contributed by atoms with E-state index in [1.165, 1.54) is 0 Å². The zero-order chi connectivity index (χ0) is 12.1. The van der Waals surface area contributed by atoms with Gasteiger partial charge in [0.25, 0.3) is 0 Å². The lowest BCUT2D eigenvalue weighted by Gasteiger charge is -2.08. The summed E-state index contributed by atoms with van der Waals surface area (Å²) in [7, 11) is 0. The normalized spacial score (nSPS) is 10.4. The third-order valence-corrected chi connectivity index (χ3v) is 2.47. The van der Waals surface area contributed by atoms with Crippen LogP contribution in [0.3, 0.4) is 0 Å². The first-order valence-electron chi connectivity index (χ1n) is 5.69. The van der Waals surface area contributed by atoms with Gasteiger partial charge in [-0.15, -0.1) is 0 Å². The van der Waals surface area contributed by atoms with Crippen molar-refractivity contribution in [1.29, 1.82) is 0 Å². The highest BCUT2D eigenvalue weighted by Crippen LogP contribution is 2.15. The molecule has 0 spiro atoms. The maximum absolute atomic E-state index is 5.86. The van der Waals surface area contributed by atoms with Crippen LogP contribution in [0.25, 0.3) is 0 Å². The lowest BCUT2D eigenvalue weighted by molar-refractivity contribution is 0.591. The largest absolute Gasteiger partial charge is 0.396 e. The van der Waals surface area contributed by atoms with Gasteiger partial charge in [-0.05, 0) is 31.0 Å². The quantitative estimate of drug-likeness (QED) is 0.768. The second-order valence-electron chi connectivity index (χ2n) is 4.00. The Morgan fingerprint density at radius 2 is 2.35 bits per heavy atom. The molecule has 0 fully saturated rings. The third-order valence-electron chi connectivity index (χ3n) is 2.47. The summed E-state index contributed by atoms with van der Waals surface area (Å²) in [6, 6.07) is 3.84. The Kier molecular flexibility index (Phi) is 3.59. The molecule has 0 saturated heterocycles. The fourth-order valence-corrected chi connectivity index (χ4v) is 1.62. The fourth-order valence-electron chi connectivity index (χ4n) is 1.62. The molecule has 5 nitrogen and oxygen atoms in total. The van der Waals surface area contributed by atoms with E-state index in [-0.39, 0.29) is 0 Å². The van der Waals surface area contributed by atoms with Crippen LogP contribution in [-0.4, -0.2) is 21.3 Å². The summed E-state index contributed by atoms with van der Waals surface area (Å²) >= 11 is 0. The highest BCUT2D eigenvalue weighted by molar-refractivity contribution is 5.61. The van der Waals surface area contributed by atoms with E-state index in [0.717, 1.165) is 30.9 Å². The maximum atomic E-state index is 5.86. The molecule has 0 saturated carbocycles. The average Bonchev–Trinajstić information content (AvgIpc) is 2.79. The van der Waals surface area contributed by atoms with Gasteiger partial charge >= 0.3 is 0 Å². The van der Waals surface area contributed by atoms with Crippen molar-refractivity contribution in [2.24, 2.45) is 0 Å². The second kappa shape index (κ2) is 5.34. The van der Waals surface area contributed by atoms with E-state index in [1.54, 1.807) is 6.20 Å². The van der Waals surface area contributed by atoms with Gasteiger partial charge in [-0.25, -0.2) is 4.98 Å². The number of hydrogen-bond acceptors (Lipinski definition) is 4. The number of rotatable bonds is 5. The monoisotopic (exact) mass is 231 g/mol. The second-order valence-corrected chi connectivity index (χ2v) is 4.00. The Labute approximate surface area is 101 Å². The number of aromatic nitrogens is 3. The summed E-state index contributed by atoms with van der Waals surface area (Å²) in [6.45, 7) is 3.71. The molecule has 0 aliphatic heterocycles. The molecule has 2 heterocycles. The van der Waals surface area contributed by atoms with Crippen LogP contribution < -0.4 is 11.1 Å². The van der Waals surface area contributed by atoms with Crippen molar-refractivity contribution in [1.82, 2.24) is 14.8 Å². The minimum atomic E-state index is 0.698. The third kappa shape index (κ3) is 3.21. The molecule has 2 aromatic rings. The maximum Gasteiger partial charge on any atom is 0.149 e. The number of nitrogens with two attached hydrogens (primary N) is 1. The van der Waals surface area contributed by atoms with Crippen LogP contribution >= 0.6 is 0 Å². The molecule has 0 radical (unpaired) electrons. The van der Waals surface area contributed by atoms with Crippen molar-refractivity contribution in [3.63, 3.8) is 0 Å². The van der Waals surface area contributed by atoms with E-state index in [2.05, 4.69) is 15.4 Å². The average molecular weight is 231 g/mol. The summed E-state index contributed by atoms with van der Waals surface area (Å²) in [5, 5.41) is 7.36. The van der Waals surface area contributed by atoms with Crippen molar-refractivity contribution in [2.45, 2.75) is 19.9 Å². The molecular weight excluding hydrogens is 214 g/mol. The van der Waals surface area contributed by atoms with Crippen LogP contribution in [0.4, 0.5) is 11.5 Å². The predicted octanol–water partition coefficient (Wildman–Crippen LogP) is 1.67. The van der Waals surface area contributed by atoms with E-state index >= 15 is 0 Å². The SMILES string of the molecule is Cc1cnc(NCCCn2cccn2)c(N)c1. The van der Waals surface area contributed by atoms with Crippen molar-refractivity contribution < 1.29 is 0 Å². The number of pyridine rings is 1. The van der Waals surface area contributed by atoms with E-state index in [0.29, 0.717) is 5.69 Å². The van der Waals surface area contributed by atoms with Gasteiger partial charge in [-0.3, -0.25) is 4.68 Å². The Morgan fingerprint density at radius 3 is 3.06 bits per heavy atom. The summed E-state index contributed by atoms with van der Waals surface area (Å²) in [5.74, 6) is 0.760. The van der Waals surface area contributed by atoms with Crippen molar-refractivity contribution in [3.8, 4) is 0 Å². The number of nitrogen functional groups attached to an aromatic ring is 1. The van der Waals surface area contributed by atoms with Gasteiger partial charge in [0, 0.05) is 31.7 Å². The molecule has 0 aliphatic rings. The van der Waals surface area contributed by atoms with Crippen molar-refractivity contribution in [2.75, 3.05) is 17.6 Å². The summed E-state index contributed by atoms with van der Waals surface area (Å²) in [4.78, 5) is 4.25. The Hall–Kier alpha value is -2.04. The van der Waals surface area contributed by atoms with Crippen LogP contribution in [0.1, 0.15) is 12.0 Å². The lowest BCUT2D eigenvalue weighted by atomic mass is 10.3. The van der Waals surface area contributed by atoms with E-state index in [1.807, 2.05) is 36.1 Å². The van der Waals surface area contributed by atoms with E-state index < -0.39 is 0 Å². The minimum absolute atomic E-state index is 0.698. The summed E-state index contributed by atoms with van der Waals surface area (Å²) < 4.78 is 1.91. The van der Waals surface area contributed by atoms with Gasteiger partial charge in [0.05, 0.1) is 5.69 Å². The van der Waals surface area contributed by atoms with Gasteiger partial charge < -0.3 is 11.1 Å². The molecule has 3 N–H and O–H groups in total. The number of nitrogens with one attached hydrogen (secondary N) is 1. The van der Waals surface area contributed by atoms with Gasteiger partial charge in [-0.2, -0.15) is 5.10 Å². The van der Waals surface area contributed by atoms with Crippen LogP contribution in [0.2, 0.25) is 0 Å². The number of aryl methyl sites for hydroxylation is 2. The lowest BCUT2D eigenvalue weighted by Crippen LogP contribution is -2.09. The molecule has 5 heteroatoms. The number of hydrogen-bond donors (Lipinski definition) is 2. The van der Waals surface area contributed by atoms with Gasteiger partial charge in [0.2, 0.25) is 0 Å². The van der Waals surface area contributed by atoms with E-state index in [9.17, 15) is 0 Å². The minimum Gasteiger partial charge on any atom is -0.396 e. The Bertz CT molecular complexity index is 464. The fraction of sp³-hybridized carbons (Fsp3) is 0.333. The molecule has 0 unspecified atom stereocenters.